The van der Waals surface area contributed by atoms with Crippen LogP contribution in [0, 0.1) is 0 Å². The van der Waals surface area contributed by atoms with Crippen molar-refractivity contribution in [1.82, 2.24) is 9.88 Å². The molecule has 1 N–H and O–H groups in total. The molecule has 0 saturated carbocycles. The van der Waals surface area contributed by atoms with E-state index in [1.807, 2.05) is 6.26 Å². The van der Waals surface area contributed by atoms with Crippen molar-refractivity contribution in [3.8, 4) is 0 Å². The molecule has 0 atom stereocenters. The minimum absolute atomic E-state index is 0.347. The van der Waals surface area contributed by atoms with E-state index in [1.54, 1.807) is 18.3 Å². The molecule has 0 radical (unpaired) electrons. The van der Waals surface area contributed by atoms with E-state index in [1.165, 1.54) is 37.6 Å². The highest BCUT2D eigenvalue weighted by atomic mass is 32.2. The molecule has 0 aliphatic carbocycles. The standard InChI is InChI=1S/C12H16N2O3S/c1-12(2,11(16)17)14(3)10(15)8-6-5-7-13-9(8)18-4/h5-7H,1-4H3,(H,16,17). The molecule has 1 aromatic heterocycles. The molecule has 0 aliphatic rings. The third-order valence-electron chi connectivity index (χ3n) is 2.86. The van der Waals surface area contributed by atoms with Crippen LogP contribution in [-0.2, 0) is 4.79 Å². The van der Waals surface area contributed by atoms with Gasteiger partial charge in [0.25, 0.3) is 5.91 Å². The number of hydrogen-bond donors (Lipinski definition) is 1. The number of carbonyl (C=O) groups excluding carboxylic acids is 1. The Hall–Kier alpha value is -1.56. The Balaban J connectivity index is 3.11. The summed E-state index contributed by atoms with van der Waals surface area (Å²) in [4.78, 5) is 28.7. The van der Waals surface area contributed by atoms with Gasteiger partial charge < -0.3 is 10.0 Å². The van der Waals surface area contributed by atoms with Crippen molar-refractivity contribution in [2.24, 2.45) is 0 Å². The highest BCUT2D eigenvalue weighted by Gasteiger charge is 2.36. The maximum Gasteiger partial charge on any atom is 0.329 e. The third-order valence-corrected chi connectivity index (χ3v) is 3.57. The van der Waals surface area contributed by atoms with Crippen molar-refractivity contribution in [3.05, 3.63) is 23.9 Å². The predicted molar refractivity (Wildman–Crippen MR) is 69.8 cm³/mol. The number of pyridine rings is 1. The second-order valence-electron chi connectivity index (χ2n) is 4.29. The molecule has 6 heteroatoms. The zero-order valence-electron chi connectivity index (χ0n) is 10.8. The lowest BCUT2D eigenvalue weighted by Gasteiger charge is -2.31. The normalized spacial score (nSPS) is 11.1. The quantitative estimate of drug-likeness (QED) is 0.842. The Labute approximate surface area is 110 Å². The lowest BCUT2D eigenvalue weighted by Crippen LogP contribution is -2.50. The average molecular weight is 268 g/mol. The summed E-state index contributed by atoms with van der Waals surface area (Å²) in [6.07, 6.45) is 3.42. The summed E-state index contributed by atoms with van der Waals surface area (Å²) in [6, 6.07) is 3.31. The van der Waals surface area contributed by atoms with Crippen molar-refractivity contribution in [2.75, 3.05) is 13.3 Å². The van der Waals surface area contributed by atoms with Crippen LogP contribution in [-0.4, -0.2) is 45.7 Å². The van der Waals surface area contributed by atoms with Gasteiger partial charge in [-0.3, -0.25) is 4.79 Å². The fourth-order valence-corrected chi connectivity index (χ4v) is 1.84. The Morgan fingerprint density at radius 3 is 2.56 bits per heavy atom. The van der Waals surface area contributed by atoms with Gasteiger partial charge in [-0.1, -0.05) is 0 Å². The lowest BCUT2D eigenvalue weighted by molar-refractivity contribution is -0.147. The Kier molecular flexibility index (Phi) is 4.34. The Bertz CT molecular complexity index is 474. The van der Waals surface area contributed by atoms with E-state index in [2.05, 4.69) is 4.98 Å². The predicted octanol–water partition coefficient (Wildman–Crippen LogP) is 1.74. The summed E-state index contributed by atoms with van der Waals surface area (Å²) < 4.78 is 0. The van der Waals surface area contributed by atoms with E-state index in [0.29, 0.717) is 10.6 Å². The molecule has 5 nitrogen and oxygen atoms in total. The topological polar surface area (TPSA) is 70.5 Å². The van der Waals surface area contributed by atoms with Gasteiger partial charge in [-0.25, -0.2) is 9.78 Å². The number of likely N-dealkylation sites (N-methyl/N-ethyl adjacent to an activating group) is 1. The SMILES string of the molecule is CSc1ncccc1C(=O)N(C)C(C)(C)C(=O)O. The number of aromatic nitrogens is 1. The number of carbonyl (C=O) groups is 2. The number of nitrogens with zero attached hydrogens (tertiary/aromatic N) is 2. The number of thioether (sulfide) groups is 1. The summed E-state index contributed by atoms with van der Waals surface area (Å²) in [5.41, 5.74) is -0.843. The second-order valence-corrected chi connectivity index (χ2v) is 5.08. The van der Waals surface area contributed by atoms with Crippen LogP contribution >= 0.6 is 11.8 Å². The number of carboxylic acid groups (broad SMARTS) is 1. The molecule has 1 aromatic rings. The number of aliphatic carboxylic acids is 1. The zero-order valence-corrected chi connectivity index (χ0v) is 11.6. The van der Waals surface area contributed by atoms with Gasteiger partial charge in [-0.15, -0.1) is 11.8 Å². The molecular formula is C12H16N2O3S. The van der Waals surface area contributed by atoms with Gasteiger partial charge >= 0.3 is 5.97 Å². The molecule has 1 rings (SSSR count). The first-order chi connectivity index (χ1) is 8.32. The van der Waals surface area contributed by atoms with E-state index in [4.69, 9.17) is 5.11 Å². The van der Waals surface area contributed by atoms with Crippen LogP contribution in [0.1, 0.15) is 24.2 Å². The number of amides is 1. The van der Waals surface area contributed by atoms with Gasteiger partial charge in [0.15, 0.2) is 0 Å². The number of carboxylic acids is 1. The second kappa shape index (κ2) is 5.39. The highest BCUT2D eigenvalue weighted by Crippen LogP contribution is 2.22. The molecule has 0 aliphatic heterocycles. The monoisotopic (exact) mass is 268 g/mol. The molecule has 0 bridgehead atoms. The molecule has 0 aromatic carbocycles. The van der Waals surface area contributed by atoms with Gasteiger partial charge in [0.1, 0.15) is 10.6 Å². The maximum absolute atomic E-state index is 12.3. The highest BCUT2D eigenvalue weighted by molar-refractivity contribution is 7.98. The van der Waals surface area contributed by atoms with E-state index in [-0.39, 0.29) is 5.91 Å². The number of rotatable bonds is 4. The van der Waals surface area contributed by atoms with Gasteiger partial charge in [0.05, 0.1) is 5.56 Å². The first-order valence-corrected chi connectivity index (χ1v) is 6.55. The molecule has 0 fully saturated rings. The largest absolute Gasteiger partial charge is 0.480 e. The van der Waals surface area contributed by atoms with Crippen LogP contribution in [0.3, 0.4) is 0 Å². The third kappa shape index (κ3) is 2.64. The minimum atomic E-state index is -1.26. The summed E-state index contributed by atoms with van der Waals surface area (Å²) in [7, 11) is 1.48. The first-order valence-electron chi connectivity index (χ1n) is 5.33. The average Bonchev–Trinajstić information content (AvgIpc) is 2.36. The van der Waals surface area contributed by atoms with E-state index >= 15 is 0 Å². The van der Waals surface area contributed by atoms with Crippen LogP contribution in [0.5, 0.6) is 0 Å². The van der Waals surface area contributed by atoms with Gasteiger partial charge in [0.2, 0.25) is 0 Å². The van der Waals surface area contributed by atoms with E-state index < -0.39 is 11.5 Å². The zero-order chi connectivity index (χ0) is 13.9. The van der Waals surface area contributed by atoms with Crippen LogP contribution in [0.2, 0.25) is 0 Å². The fraction of sp³-hybridized carbons (Fsp3) is 0.417. The van der Waals surface area contributed by atoms with Crippen molar-refractivity contribution in [1.29, 1.82) is 0 Å². The van der Waals surface area contributed by atoms with E-state index in [0.717, 1.165) is 0 Å². The minimum Gasteiger partial charge on any atom is -0.480 e. The van der Waals surface area contributed by atoms with Gasteiger partial charge in [-0.05, 0) is 32.2 Å². The number of hydrogen-bond acceptors (Lipinski definition) is 4. The molecule has 1 heterocycles. The molecule has 1 amide bonds. The molecule has 0 spiro atoms. The Morgan fingerprint density at radius 2 is 2.06 bits per heavy atom. The van der Waals surface area contributed by atoms with Gasteiger partial charge in [-0.2, -0.15) is 0 Å². The van der Waals surface area contributed by atoms with Crippen LogP contribution in [0.15, 0.2) is 23.4 Å². The molecule has 98 valence electrons. The fourth-order valence-electron chi connectivity index (χ4n) is 1.29. The molecule has 0 saturated heterocycles. The lowest BCUT2D eigenvalue weighted by atomic mass is 10.0. The van der Waals surface area contributed by atoms with Gasteiger partial charge in [0, 0.05) is 13.2 Å². The Morgan fingerprint density at radius 1 is 1.44 bits per heavy atom. The molecule has 0 unspecified atom stereocenters. The molecule has 18 heavy (non-hydrogen) atoms. The van der Waals surface area contributed by atoms with Crippen LogP contribution in [0.25, 0.3) is 0 Å². The first kappa shape index (κ1) is 14.5. The summed E-state index contributed by atoms with van der Waals surface area (Å²) in [5, 5.41) is 9.71. The summed E-state index contributed by atoms with van der Waals surface area (Å²) in [5.74, 6) is -1.40. The van der Waals surface area contributed by atoms with Crippen molar-refractivity contribution in [3.63, 3.8) is 0 Å². The maximum atomic E-state index is 12.3. The summed E-state index contributed by atoms with van der Waals surface area (Å²) >= 11 is 1.35. The van der Waals surface area contributed by atoms with Crippen molar-refractivity contribution < 1.29 is 14.7 Å². The molecular weight excluding hydrogens is 252 g/mol. The smallest absolute Gasteiger partial charge is 0.329 e. The van der Waals surface area contributed by atoms with Crippen LogP contribution in [0.4, 0.5) is 0 Å². The summed E-state index contributed by atoms with van der Waals surface area (Å²) in [6.45, 7) is 2.98. The van der Waals surface area contributed by atoms with Crippen molar-refractivity contribution in [2.45, 2.75) is 24.4 Å². The van der Waals surface area contributed by atoms with E-state index in [9.17, 15) is 9.59 Å². The van der Waals surface area contributed by atoms with Crippen LogP contribution < -0.4 is 0 Å². The van der Waals surface area contributed by atoms with Crippen molar-refractivity contribution >= 4 is 23.6 Å².